The molecule has 0 atom stereocenters. The van der Waals surface area contributed by atoms with Crippen molar-refractivity contribution in [3.05, 3.63) is 71.7 Å². The predicted molar refractivity (Wildman–Crippen MR) is 119 cm³/mol. The fourth-order valence-corrected chi connectivity index (χ4v) is 3.09. The Morgan fingerprint density at radius 3 is 2.79 bits per heavy atom. The highest BCUT2D eigenvalue weighted by Crippen LogP contribution is 2.36. The first-order valence-corrected chi connectivity index (χ1v) is 10.5. The van der Waals surface area contributed by atoms with Crippen LogP contribution in [0.15, 0.2) is 54.7 Å². The van der Waals surface area contributed by atoms with E-state index in [0.29, 0.717) is 23.9 Å². The van der Waals surface area contributed by atoms with Gasteiger partial charge < -0.3 is 29.0 Å². The second-order valence-electron chi connectivity index (χ2n) is 7.05. The molecule has 0 bridgehead atoms. The molecule has 0 aliphatic carbocycles. The van der Waals surface area contributed by atoms with E-state index in [2.05, 4.69) is 10.3 Å². The van der Waals surface area contributed by atoms with E-state index in [1.807, 2.05) is 0 Å². The Labute approximate surface area is 194 Å². The number of nitrogens with zero attached hydrogens (tertiary/aromatic N) is 1. The Balaban J connectivity index is 1.38. The lowest BCUT2D eigenvalue weighted by atomic mass is 10.2. The van der Waals surface area contributed by atoms with Crippen molar-refractivity contribution in [1.82, 2.24) is 10.3 Å². The van der Waals surface area contributed by atoms with Crippen LogP contribution in [0, 0.1) is 11.2 Å². The lowest BCUT2D eigenvalue weighted by Gasteiger charge is -2.12. The standard InChI is InChI=1S/C24H22FN3O6/c1-2-30-22(26)13-31-16-6-5-15(19(25)10-16)12-28-23(29)18-4-3-9-27-24(18)34-17-7-8-20-21(11-17)33-14-32-20/h3-11,26H,2,12-14H2,1H3,(H,28,29). The van der Waals surface area contributed by atoms with Crippen molar-refractivity contribution in [2.45, 2.75) is 13.5 Å². The third-order valence-electron chi connectivity index (χ3n) is 4.73. The van der Waals surface area contributed by atoms with Crippen molar-refractivity contribution in [1.29, 1.82) is 5.41 Å². The van der Waals surface area contributed by atoms with Crippen molar-refractivity contribution >= 4 is 11.8 Å². The third-order valence-corrected chi connectivity index (χ3v) is 4.73. The van der Waals surface area contributed by atoms with Gasteiger partial charge in [-0.25, -0.2) is 9.37 Å². The molecule has 0 fully saturated rings. The molecule has 0 radical (unpaired) electrons. The van der Waals surface area contributed by atoms with Crippen molar-refractivity contribution in [3.8, 4) is 28.9 Å². The normalized spacial score (nSPS) is 11.6. The van der Waals surface area contributed by atoms with Gasteiger partial charge in [0.25, 0.3) is 5.91 Å². The van der Waals surface area contributed by atoms with Gasteiger partial charge in [0.05, 0.1) is 6.61 Å². The van der Waals surface area contributed by atoms with Gasteiger partial charge in [0, 0.05) is 30.4 Å². The van der Waals surface area contributed by atoms with Crippen molar-refractivity contribution in [2.24, 2.45) is 0 Å². The number of nitrogens with one attached hydrogen (secondary N) is 2. The zero-order valence-electron chi connectivity index (χ0n) is 18.3. The summed E-state index contributed by atoms with van der Waals surface area (Å²) in [4.78, 5) is 16.9. The van der Waals surface area contributed by atoms with E-state index in [9.17, 15) is 9.18 Å². The molecular weight excluding hydrogens is 445 g/mol. The largest absolute Gasteiger partial charge is 0.484 e. The first kappa shape index (κ1) is 22.8. The molecule has 0 saturated heterocycles. The SMILES string of the molecule is CCOC(=N)COc1ccc(CNC(=O)c2cccnc2Oc2ccc3c(c2)OCO3)c(F)c1. The predicted octanol–water partition coefficient (Wildman–Crippen LogP) is 4.06. The molecule has 2 heterocycles. The van der Waals surface area contributed by atoms with Crippen LogP contribution >= 0.6 is 0 Å². The smallest absolute Gasteiger partial charge is 0.257 e. The summed E-state index contributed by atoms with van der Waals surface area (Å²) in [6.45, 7) is 2.09. The second kappa shape index (κ2) is 10.5. The maximum Gasteiger partial charge on any atom is 0.257 e. The van der Waals surface area contributed by atoms with Gasteiger partial charge in [-0.05, 0) is 37.3 Å². The average molecular weight is 467 g/mol. The first-order chi connectivity index (χ1) is 16.5. The molecule has 0 unspecified atom stereocenters. The topological polar surface area (TPSA) is 112 Å². The van der Waals surface area contributed by atoms with E-state index in [4.69, 9.17) is 29.1 Å². The summed E-state index contributed by atoms with van der Waals surface area (Å²) in [6.07, 6.45) is 1.50. The van der Waals surface area contributed by atoms with E-state index in [0.717, 1.165) is 0 Å². The summed E-state index contributed by atoms with van der Waals surface area (Å²) in [7, 11) is 0. The van der Waals surface area contributed by atoms with Crippen LogP contribution in [-0.2, 0) is 11.3 Å². The minimum atomic E-state index is -0.552. The Kier molecular flexibility index (Phi) is 7.07. The molecular formula is C24H22FN3O6. The number of carbonyl (C=O) groups excluding carboxylic acids is 1. The van der Waals surface area contributed by atoms with Crippen LogP contribution in [0.1, 0.15) is 22.8 Å². The summed E-state index contributed by atoms with van der Waals surface area (Å²) >= 11 is 0. The molecule has 1 aliphatic heterocycles. The van der Waals surface area contributed by atoms with E-state index in [1.54, 1.807) is 43.3 Å². The van der Waals surface area contributed by atoms with Crippen LogP contribution in [-0.4, -0.2) is 36.8 Å². The summed E-state index contributed by atoms with van der Waals surface area (Å²) in [6, 6.07) is 12.4. The zero-order chi connectivity index (χ0) is 23.9. The van der Waals surface area contributed by atoms with Gasteiger partial charge in [-0.1, -0.05) is 6.07 Å². The number of rotatable bonds is 9. The van der Waals surface area contributed by atoms with Gasteiger partial charge in [0.1, 0.15) is 22.9 Å². The molecule has 1 aliphatic rings. The van der Waals surface area contributed by atoms with Gasteiger partial charge in [0.2, 0.25) is 18.6 Å². The maximum absolute atomic E-state index is 14.5. The van der Waals surface area contributed by atoms with Gasteiger partial charge >= 0.3 is 0 Å². The van der Waals surface area contributed by atoms with Crippen LogP contribution in [0.3, 0.4) is 0 Å². The Morgan fingerprint density at radius 2 is 1.97 bits per heavy atom. The number of pyridine rings is 1. The Bertz CT molecular complexity index is 1200. The van der Waals surface area contributed by atoms with Gasteiger partial charge in [-0.15, -0.1) is 0 Å². The van der Waals surface area contributed by atoms with Gasteiger partial charge in [-0.2, -0.15) is 0 Å². The minimum absolute atomic E-state index is 0.0468. The highest BCUT2D eigenvalue weighted by Gasteiger charge is 2.18. The third kappa shape index (κ3) is 5.52. The summed E-state index contributed by atoms with van der Waals surface area (Å²) in [5.74, 6) is 0.848. The number of amides is 1. The monoisotopic (exact) mass is 467 g/mol. The summed E-state index contributed by atoms with van der Waals surface area (Å²) < 4.78 is 41.2. The number of carbonyl (C=O) groups is 1. The highest BCUT2D eigenvalue weighted by atomic mass is 19.1. The van der Waals surface area contributed by atoms with Crippen molar-refractivity contribution in [2.75, 3.05) is 20.0 Å². The number of hydrogen-bond donors (Lipinski definition) is 2. The molecule has 9 nitrogen and oxygen atoms in total. The molecule has 1 aromatic heterocycles. The number of hydrogen-bond acceptors (Lipinski definition) is 8. The fourth-order valence-electron chi connectivity index (χ4n) is 3.09. The number of aromatic nitrogens is 1. The quantitative estimate of drug-likeness (QED) is 0.360. The van der Waals surface area contributed by atoms with Crippen LogP contribution in [0.4, 0.5) is 4.39 Å². The van der Waals surface area contributed by atoms with Crippen LogP contribution in [0.5, 0.6) is 28.9 Å². The average Bonchev–Trinajstić information content (AvgIpc) is 3.30. The molecule has 2 N–H and O–H groups in total. The Morgan fingerprint density at radius 1 is 1.15 bits per heavy atom. The van der Waals surface area contributed by atoms with Gasteiger partial charge in [0.15, 0.2) is 18.1 Å². The minimum Gasteiger partial charge on any atom is -0.484 e. The number of fused-ring (bicyclic) bond motifs is 1. The first-order valence-electron chi connectivity index (χ1n) is 10.5. The molecule has 0 spiro atoms. The molecule has 10 heteroatoms. The highest BCUT2D eigenvalue weighted by molar-refractivity contribution is 5.96. The lowest BCUT2D eigenvalue weighted by molar-refractivity contribution is 0.0947. The van der Waals surface area contributed by atoms with Crippen LogP contribution in [0.2, 0.25) is 0 Å². The second-order valence-corrected chi connectivity index (χ2v) is 7.05. The van der Waals surface area contributed by atoms with Crippen LogP contribution < -0.4 is 24.3 Å². The molecule has 1 amide bonds. The molecule has 3 aromatic rings. The number of halogens is 1. The van der Waals surface area contributed by atoms with E-state index >= 15 is 0 Å². The summed E-state index contributed by atoms with van der Waals surface area (Å²) in [5, 5.41) is 10.2. The van der Waals surface area contributed by atoms with E-state index in [-0.39, 0.29) is 48.6 Å². The zero-order valence-corrected chi connectivity index (χ0v) is 18.3. The number of benzene rings is 2. The number of ether oxygens (including phenoxy) is 5. The molecule has 34 heavy (non-hydrogen) atoms. The molecule has 176 valence electrons. The fraction of sp³-hybridized carbons (Fsp3) is 0.208. The molecule has 2 aromatic carbocycles. The summed E-state index contributed by atoms with van der Waals surface area (Å²) in [5.41, 5.74) is 0.456. The Hall–Kier alpha value is -4.34. The van der Waals surface area contributed by atoms with Gasteiger partial charge in [-0.3, -0.25) is 10.2 Å². The van der Waals surface area contributed by atoms with E-state index in [1.165, 1.54) is 18.3 Å². The molecule has 4 rings (SSSR count). The van der Waals surface area contributed by atoms with Crippen molar-refractivity contribution < 1.29 is 32.9 Å². The van der Waals surface area contributed by atoms with Crippen LogP contribution in [0.25, 0.3) is 0 Å². The van der Waals surface area contributed by atoms with Crippen molar-refractivity contribution in [3.63, 3.8) is 0 Å². The lowest BCUT2D eigenvalue weighted by Crippen LogP contribution is -2.24. The van der Waals surface area contributed by atoms with E-state index < -0.39 is 11.7 Å². The molecule has 0 saturated carbocycles. The maximum atomic E-state index is 14.5.